The van der Waals surface area contributed by atoms with E-state index < -0.39 is 36.4 Å². The number of carbonyl (C=O) groups excluding carboxylic acids is 1. The van der Waals surface area contributed by atoms with Crippen molar-refractivity contribution in [2.45, 2.75) is 62.4 Å². The number of rotatable bonds is 2. The number of hydrogen-bond donors (Lipinski definition) is 1. The van der Waals surface area contributed by atoms with Crippen LogP contribution in [-0.4, -0.2) is 47.1 Å². The van der Waals surface area contributed by atoms with Crippen LogP contribution in [0.15, 0.2) is 48.5 Å². The number of alkyl halides is 3. The van der Waals surface area contributed by atoms with E-state index in [9.17, 15) is 23.1 Å². The van der Waals surface area contributed by atoms with Crippen molar-refractivity contribution < 1.29 is 27.8 Å². The van der Waals surface area contributed by atoms with Gasteiger partial charge in [-0.05, 0) is 54.4 Å². The van der Waals surface area contributed by atoms with Gasteiger partial charge in [-0.1, -0.05) is 48.5 Å². The zero-order chi connectivity index (χ0) is 22.5. The Kier molecular flexibility index (Phi) is 5.40. The van der Waals surface area contributed by atoms with Gasteiger partial charge in [-0.15, -0.1) is 0 Å². The van der Waals surface area contributed by atoms with Crippen LogP contribution >= 0.6 is 0 Å². The Labute approximate surface area is 185 Å². The normalized spacial score (nSPS) is 27.4. The Morgan fingerprint density at radius 3 is 2.12 bits per heavy atom. The monoisotopic (exact) mass is 445 g/mol. The van der Waals surface area contributed by atoms with Gasteiger partial charge < -0.3 is 14.7 Å². The minimum atomic E-state index is -4.48. The highest BCUT2D eigenvalue weighted by atomic mass is 19.4. The summed E-state index contributed by atoms with van der Waals surface area (Å²) in [4.78, 5) is 14.6. The van der Waals surface area contributed by atoms with Crippen molar-refractivity contribution in [3.8, 4) is 11.1 Å². The second-order valence-electron chi connectivity index (χ2n) is 9.14. The number of ether oxygens (including phenoxy) is 1. The fraction of sp³-hybridized carbons (Fsp3) is 0.480. The zero-order valence-electron chi connectivity index (χ0n) is 17.6. The molecule has 4 nitrogen and oxygen atoms in total. The summed E-state index contributed by atoms with van der Waals surface area (Å²) in [6, 6.07) is 15.0. The van der Waals surface area contributed by atoms with Crippen molar-refractivity contribution in [3.63, 3.8) is 0 Å². The minimum absolute atomic E-state index is 0.0646. The molecule has 1 aliphatic carbocycles. The van der Waals surface area contributed by atoms with Crippen LogP contribution in [0.1, 0.15) is 49.1 Å². The molecule has 4 atom stereocenters. The Morgan fingerprint density at radius 1 is 0.969 bits per heavy atom. The van der Waals surface area contributed by atoms with Crippen LogP contribution in [0.25, 0.3) is 11.1 Å². The highest BCUT2D eigenvalue weighted by Gasteiger charge is 2.51. The van der Waals surface area contributed by atoms with Gasteiger partial charge in [-0.25, -0.2) is 4.79 Å². The van der Waals surface area contributed by atoms with Gasteiger partial charge in [0.2, 0.25) is 0 Å². The Morgan fingerprint density at radius 2 is 1.53 bits per heavy atom. The van der Waals surface area contributed by atoms with Crippen LogP contribution < -0.4 is 0 Å². The lowest BCUT2D eigenvalue weighted by atomic mass is 9.92. The summed E-state index contributed by atoms with van der Waals surface area (Å²) in [5.41, 5.74) is 4.41. The lowest BCUT2D eigenvalue weighted by molar-refractivity contribution is -0.202. The molecule has 2 aromatic rings. The molecule has 2 saturated heterocycles. The molecule has 2 aliphatic heterocycles. The molecule has 2 bridgehead atoms. The first-order valence-electron chi connectivity index (χ1n) is 11.2. The molecule has 0 radical (unpaired) electrons. The van der Waals surface area contributed by atoms with E-state index in [0.29, 0.717) is 12.8 Å². The number of carbonyl (C=O) groups is 1. The SMILES string of the molecule is O=C(OCC1c2ccccc2-c2ccccc21)N1C2CCCC1CC(C(F)(F)F)C(O)C2. The summed E-state index contributed by atoms with van der Waals surface area (Å²) in [5, 5.41) is 10.3. The number of nitrogens with zero attached hydrogens (tertiary/aromatic N) is 1. The van der Waals surface area contributed by atoms with Gasteiger partial charge in [0.1, 0.15) is 6.61 Å². The quantitative estimate of drug-likeness (QED) is 0.665. The summed E-state index contributed by atoms with van der Waals surface area (Å²) in [6.45, 7) is 0.133. The van der Waals surface area contributed by atoms with Crippen molar-refractivity contribution >= 4 is 6.09 Å². The van der Waals surface area contributed by atoms with E-state index in [1.54, 1.807) is 0 Å². The Hall–Kier alpha value is -2.54. The number of aliphatic hydroxyl groups excluding tert-OH is 1. The number of fused-ring (bicyclic) bond motifs is 5. The molecule has 0 spiro atoms. The fourth-order valence-electron chi connectivity index (χ4n) is 5.84. The summed E-state index contributed by atoms with van der Waals surface area (Å²) in [6.07, 6.45) is -5.05. The number of halogens is 3. The maximum absolute atomic E-state index is 13.5. The number of amides is 1. The average molecular weight is 445 g/mol. The molecule has 2 fully saturated rings. The molecule has 5 rings (SSSR count). The van der Waals surface area contributed by atoms with Crippen LogP contribution in [-0.2, 0) is 4.74 Å². The standard InChI is InChI=1S/C25H26F3NO3/c26-25(27,28)22-12-15-6-5-7-16(13-23(22)30)29(15)24(31)32-14-21-19-10-3-1-8-17(19)18-9-2-4-11-20(18)21/h1-4,8-11,15-16,21-23,30H,5-7,12-14H2. The third-order valence-electron chi connectivity index (χ3n) is 7.33. The van der Waals surface area contributed by atoms with Crippen LogP contribution in [0.5, 0.6) is 0 Å². The number of piperidine rings is 1. The van der Waals surface area contributed by atoms with E-state index in [1.165, 1.54) is 4.90 Å². The first-order chi connectivity index (χ1) is 15.3. The molecule has 32 heavy (non-hydrogen) atoms. The third kappa shape index (κ3) is 3.66. The number of hydrogen-bond acceptors (Lipinski definition) is 3. The second kappa shape index (κ2) is 8.10. The smallest absolute Gasteiger partial charge is 0.410 e. The van der Waals surface area contributed by atoms with E-state index in [-0.39, 0.29) is 25.4 Å². The van der Waals surface area contributed by atoms with Gasteiger partial charge in [0.25, 0.3) is 0 Å². The van der Waals surface area contributed by atoms with Gasteiger partial charge in [0.05, 0.1) is 12.0 Å². The fourth-order valence-corrected chi connectivity index (χ4v) is 5.84. The molecule has 2 heterocycles. The van der Waals surface area contributed by atoms with Crippen LogP contribution in [0.4, 0.5) is 18.0 Å². The summed E-state index contributed by atoms with van der Waals surface area (Å²) in [7, 11) is 0. The van der Waals surface area contributed by atoms with Crippen molar-refractivity contribution in [1.29, 1.82) is 0 Å². The molecule has 1 amide bonds. The largest absolute Gasteiger partial charge is 0.448 e. The first kappa shape index (κ1) is 21.3. The lowest BCUT2D eigenvalue weighted by Crippen LogP contribution is -2.49. The van der Waals surface area contributed by atoms with Crippen molar-refractivity contribution in [3.05, 3.63) is 59.7 Å². The molecule has 1 N–H and O–H groups in total. The maximum atomic E-state index is 13.5. The topological polar surface area (TPSA) is 49.8 Å². The van der Waals surface area contributed by atoms with Gasteiger partial charge in [0.15, 0.2) is 0 Å². The third-order valence-corrected chi connectivity index (χ3v) is 7.33. The van der Waals surface area contributed by atoms with E-state index in [2.05, 4.69) is 0 Å². The van der Waals surface area contributed by atoms with Crippen molar-refractivity contribution in [2.24, 2.45) is 5.92 Å². The molecule has 0 aromatic heterocycles. The maximum Gasteiger partial charge on any atom is 0.410 e. The number of benzene rings is 2. The minimum Gasteiger partial charge on any atom is -0.448 e. The van der Waals surface area contributed by atoms with E-state index >= 15 is 0 Å². The molecule has 7 heteroatoms. The van der Waals surface area contributed by atoms with Gasteiger partial charge in [-0.2, -0.15) is 13.2 Å². The van der Waals surface area contributed by atoms with Crippen molar-refractivity contribution in [2.75, 3.05) is 6.61 Å². The van der Waals surface area contributed by atoms with E-state index in [1.807, 2.05) is 48.5 Å². The molecule has 170 valence electrons. The van der Waals surface area contributed by atoms with Crippen molar-refractivity contribution in [1.82, 2.24) is 4.90 Å². The molecule has 3 aliphatic rings. The Balaban J connectivity index is 1.35. The first-order valence-corrected chi connectivity index (χ1v) is 11.2. The van der Waals surface area contributed by atoms with Gasteiger partial charge in [-0.3, -0.25) is 0 Å². The summed E-state index contributed by atoms with van der Waals surface area (Å²) >= 11 is 0. The highest BCUT2D eigenvalue weighted by molar-refractivity contribution is 5.79. The predicted molar refractivity (Wildman–Crippen MR) is 113 cm³/mol. The zero-order valence-corrected chi connectivity index (χ0v) is 17.6. The van der Waals surface area contributed by atoms with E-state index in [4.69, 9.17) is 4.74 Å². The lowest BCUT2D eigenvalue weighted by Gasteiger charge is -2.40. The Bertz CT molecular complexity index is 962. The molecular weight excluding hydrogens is 419 g/mol. The highest BCUT2D eigenvalue weighted by Crippen LogP contribution is 2.45. The van der Waals surface area contributed by atoms with Crippen LogP contribution in [0.3, 0.4) is 0 Å². The molecule has 0 saturated carbocycles. The summed E-state index contributed by atoms with van der Waals surface area (Å²) in [5.74, 6) is -1.91. The van der Waals surface area contributed by atoms with Gasteiger partial charge >= 0.3 is 12.3 Å². The van der Waals surface area contributed by atoms with Gasteiger partial charge in [0, 0.05) is 18.0 Å². The molecule has 2 aromatic carbocycles. The predicted octanol–water partition coefficient (Wildman–Crippen LogP) is 5.49. The van der Waals surface area contributed by atoms with Crippen LogP contribution in [0.2, 0.25) is 0 Å². The molecule has 4 unspecified atom stereocenters. The van der Waals surface area contributed by atoms with Crippen LogP contribution in [0, 0.1) is 5.92 Å². The molecular formula is C25H26F3NO3. The number of aliphatic hydroxyl groups is 1. The second-order valence-corrected chi connectivity index (χ2v) is 9.14. The summed E-state index contributed by atoms with van der Waals surface area (Å²) < 4.78 is 46.2. The average Bonchev–Trinajstić information content (AvgIpc) is 3.04. The van der Waals surface area contributed by atoms with E-state index in [0.717, 1.165) is 28.7 Å².